The number of imide groups is 1. The summed E-state index contributed by atoms with van der Waals surface area (Å²) in [5.74, 6) is -1.46. The van der Waals surface area contributed by atoms with Crippen molar-refractivity contribution >= 4 is 46.5 Å². The number of rotatable bonds is 5. The van der Waals surface area contributed by atoms with Crippen LogP contribution in [0.4, 0.5) is 10.1 Å². The van der Waals surface area contributed by atoms with Crippen LogP contribution in [0.25, 0.3) is 0 Å². The maximum atomic E-state index is 13.9. The monoisotopic (exact) mass is 621 g/mol. The van der Waals surface area contributed by atoms with Crippen molar-refractivity contribution in [3.05, 3.63) is 74.5 Å². The summed E-state index contributed by atoms with van der Waals surface area (Å²) in [5.41, 5.74) is 1.36. The van der Waals surface area contributed by atoms with Crippen LogP contribution in [0.5, 0.6) is 5.75 Å². The summed E-state index contributed by atoms with van der Waals surface area (Å²) in [6, 6.07) is 13.2. The number of ether oxygens (including phenoxy) is 2. The van der Waals surface area contributed by atoms with Crippen molar-refractivity contribution in [3.63, 3.8) is 0 Å². The molecule has 2 aromatic carbocycles. The third kappa shape index (κ3) is 4.28. The summed E-state index contributed by atoms with van der Waals surface area (Å²) >= 11 is 2.82. The lowest BCUT2D eigenvalue weighted by Crippen LogP contribution is -2.43. The molecular weight excluding hydrogens is 593 g/mol. The first-order valence-corrected chi connectivity index (χ1v) is 16.2. The van der Waals surface area contributed by atoms with E-state index >= 15 is 0 Å². The number of nitrogens with zero attached hydrogens (tertiary/aromatic N) is 2. The highest BCUT2D eigenvalue weighted by molar-refractivity contribution is 8.00. The van der Waals surface area contributed by atoms with Gasteiger partial charge >= 0.3 is 4.87 Å². The van der Waals surface area contributed by atoms with E-state index in [2.05, 4.69) is 4.98 Å². The quantitative estimate of drug-likeness (QED) is 0.435. The fraction of sp³-hybridized carbons (Fsp3) is 0.419. The molecule has 1 N–H and O–H groups in total. The summed E-state index contributed by atoms with van der Waals surface area (Å²) in [7, 11) is 0. The van der Waals surface area contributed by atoms with Gasteiger partial charge in [-0.1, -0.05) is 23.5 Å². The lowest BCUT2D eigenvalue weighted by atomic mass is 9.68. The van der Waals surface area contributed by atoms with Crippen molar-refractivity contribution in [2.45, 2.75) is 22.6 Å². The Morgan fingerprint density at radius 3 is 2.53 bits per heavy atom. The molecule has 0 radical (unpaired) electrons. The molecule has 3 aliphatic heterocycles. The Hall–Kier alpha value is -3.48. The van der Waals surface area contributed by atoms with Gasteiger partial charge in [-0.3, -0.25) is 24.1 Å². The highest BCUT2D eigenvalue weighted by Crippen LogP contribution is 2.68. The minimum absolute atomic E-state index is 0.0171. The van der Waals surface area contributed by atoms with Crippen LogP contribution in [0.2, 0.25) is 0 Å². The van der Waals surface area contributed by atoms with E-state index in [1.54, 1.807) is 16.7 Å². The summed E-state index contributed by atoms with van der Waals surface area (Å²) in [6.45, 7) is 2.05. The smallest absolute Gasteiger partial charge is 0.305 e. The molecule has 4 heterocycles. The zero-order chi connectivity index (χ0) is 29.4. The predicted molar refractivity (Wildman–Crippen MR) is 157 cm³/mol. The minimum atomic E-state index is -0.449. The van der Waals surface area contributed by atoms with Gasteiger partial charge in [-0.2, -0.15) is 0 Å². The number of morpholine rings is 1. The lowest BCUT2D eigenvalue weighted by molar-refractivity contribution is -0.137. The Kier molecular flexibility index (Phi) is 6.50. The van der Waals surface area contributed by atoms with Gasteiger partial charge in [0, 0.05) is 29.1 Å². The van der Waals surface area contributed by atoms with E-state index in [0.717, 1.165) is 21.9 Å². The zero-order valence-electron chi connectivity index (χ0n) is 22.9. The summed E-state index contributed by atoms with van der Waals surface area (Å²) < 4.78 is 24.9. The van der Waals surface area contributed by atoms with Crippen LogP contribution in [-0.2, 0) is 19.1 Å². The summed E-state index contributed by atoms with van der Waals surface area (Å²) in [4.78, 5) is 59.7. The standard InChI is InChI=1S/C31H28FN3O6S2/c32-16-4-6-17(7-5-16)35-29(37)24-19-13-20(25(24)30(35)38)26-23(19)22(27-28(42-26)33-31(39)43-27)15-2-1-3-18(12-15)41-14-21(36)34-8-10-40-11-9-34/h1-7,12,19-20,22-26H,8-11,13-14H2,(H,33,39)/t19-,20-,22+,23-,24+,25+,26-/m1/s1. The molecule has 7 atom stereocenters. The van der Waals surface area contributed by atoms with Gasteiger partial charge in [0.25, 0.3) is 5.91 Å². The van der Waals surface area contributed by atoms with Gasteiger partial charge in [0.05, 0.1) is 35.8 Å². The number of aromatic amines is 1. The highest BCUT2D eigenvalue weighted by Gasteiger charge is 2.69. The number of H-pyrrole nitrogens is 1. The third-order valence-corrected chi connectivity index (χ3v) is 12.3. The Bertz CT molecular complexity index is 1680. The molecule has 0 unspecified atom stereocenters. The second-order valence-corrected chi connectivity index (χ2v) is 14.0. The van der Waals surface area contributed by atoms with Crippen molar-refractivity contribution in [1.29, 1.82) is 0 Å². The maximum Gasteiger partial charge on any atom is 0.305 e. The Labute approximate surface area is 254 Å². The first-order valence-electron chi connectivity index (χ1n) is 14.5. The Morgan fingerprint density at radius 1 is 1.02 bits per heavy atom. The van der Waals surface area contributed by atoms with Crippen LogP contribution in [0.15, 0.2) is 58.4 Å². The van der Waals surface area contributed by atoms with Crippen LogP contribution in [-0.4, -0.2) is 65.8 Å². The van der Waals surface area contributed by atoms with E-state index < -0.39 is 17.7 Å². The molecule has 8 rings (SSSR count). The number of carbonyl (C=O) groups is 3. The number of amides is 3. The average Bonchev–Trinajstić information content (AvgIpc) is 3.76. The molecule has 5 aliphatic rings. The fourth-order valence-electron chi connectivity index (χ4n) is 8.08. The predicted octanol–water partition coefficient (Wildman–Crippen LogP) is 3.49. The normalized spacial score (nSPS) is 30.8. The Morgan fingerprint density at radius 2 is 1.77 bits per heavy atom. The van der Waals surface area contributed by atoms with E-state index in [-0.39, 0.29) is 58.1 Å². The number of anilines is 1. The molecule has 1 aromatic heterocycles. The van der Waals surface area contributed by atoms with E-state index in [1.807, 2.05) is 24.3 Å². The molecule has 43 heavy (non-hydrogen) atoms. The first-order chi connectivity index (χ1) is 20.9. The second kappa shape index (κ2) is 10.3. The lowest BCUT2D eigenvalue weighted by Gasteiger charge is -2.43. The molecule has 3 amide bonds. The molecule has 12 heteroatoms. The van der Waals surface area contributed by atoms with Gasteiger partial charge in [-0.15, -0.1) is 11.8 Å². The fourth-order valence-corrected chi connectivity index (χ4v) is 11.0. The molecule has 2 saturated heterocycles. The SMILES string of the molecule is O=C(COc1cccc([C@@H]2c3sc(=O)[nH]c3S[C@@H]3[C@@H]4C[C@@H]([C@@H]5C(=O)N(c6ccc(F)cc6)C(=O)[C@@H]45)[C@H]23)c1)N1CCOCC1. The van der Waals surface area contributed by atoms with Crippen LogP contribution in [0.1, 0.15) is 22.8 Å². The van der Waals surface area contributed by atoms with Crippen molar-refractivity contribution in [3.8, 4) is 5.75 Å². The minimum Gasteiger partial charge on any atom is -0.484 e. The van der Waals surface area contributed by atoms with E-state index in [1.165, 1.54) is 40.5 Å². The van der Waals surface area contributed by atoms with Crippen LogP contribution >= 0.6 is 23.1 Å². The number of aromatic nitrogens is 1. The van der Waals surface area contributed by atoms with Crippen molar-refractivity contribution in [2.24, 2.45) is 29.6 Å². The number of nitrogens with one attached hydrogen (secondary N) is 1. The number of hydrogen-bond acceptors (Lipinski definition) is 8. The molecule has 2 saturated carbocycles. The number of benzene rings is 2. The summed E-state index contributed by atoms with van der Waals surface area (Å²) in [6.07, 6.45) is 0.770. The molecule has 222 valence electrons. The van der Waals surface area contributed by atoms with Gasteiger partial charge in [0.2, 0.25) is 11.8 Å². The maximum absolute atomic E-state index is 13.9. The zero-order valence-corrected chi connectivity index (χ0v) is 24.6. The number of hydrogen-bond donors (Lipinski definition) is 1. The van der Waals surface area contributed by atoms with E-state index in [9.17, 15) is 23.6 Å². The first kappa shape index (κ1) is 27.1. The molecule has 2 bridgehead atoms. The second-order valence-electron chi connectivity index (χ2n) is 11.8. The molecular formula is C31H28FN3O6S2. The third-order valence-electron chi connectivity index (χ3n) is 9.75. The largest absolute Gasteiger partial charge is 0.484 e. The molecule has 2 aliphatic carbocycles. The number of fused-ring (bicyclic) bond motifs is 9. The van der Waals surface area contributed by atoms with Crippen molar-refractivity contribution < 1.29 is 28.2 Å². The van der Waals surface area contributed by atoms with Gasteiger partial charge in [0.1, 0.15) is 11.6 Å². The molecule has 4 fully saturated rings. The van der Waals surface area contributed by atoms with Gasteiger partial charge in [-0.05, 0) is 66.1 Å². The van der Waals surface area contributed by atoms with Crippen LogP contribution in [0.3, 0.4) is 0 Å². The van der Waals surface area contributed by atoms with Gasteiger partial charge in [0.15, 0.2) is 6.61 Å². The highest BCUT2D eigenvalue weighted by atomic mass is 32.2. The topological polar surface area (TPSA) is 109 Å². The number of carbonyl (C=O) groups excluding carboxylic acids is 3. The molecule has 9 nitrogen and oxygen atoms in total. The summed E-state index contributed by atoms with van der Waals surface area (Å²) in [5, 5.41) is 0.873. The number of thiazole rings is 1. The number of halogens is 1. The van der Waals surface area contributed by atoms with Crippen molar-refractivity contribution in [2.75, 3.05) is 37.8 Å². The average molecular weight is 622 g/mol. The molecule has 3 aromatic rings. The molecule has 0 spiro atoms. The van der Waals surface area contributed by atoms with Crippen LogP contribution < -0.4 is 14.5 Å². The van der Waals surface area contributed by atoms with Gasteiger partial charge < -0.3 is 19.4 Å². The van der Waals surface area contributed by atoms with Gasteiger partial charge in [-0.25, -0.2) is 4.39 Å². The van der Waals surface area contributed by atoms with E-state index in [4.69, 9.17) is 9.47 Å². The van der Waals surface area contributed by atoms with E-state index in [0.29, 0.717) is 37.7 Å². The number of thioether (sulfide) groups is 1. The Balaban J connectivity index is 1.11. The van der Waals surface area contributed by atoms with Crippen LogP contribution in [0, 0.1) is 35.4 Å². The van der Waals surface area contributed by atoms with Crippen molar-refractivity contribution in [1.82, 2.24) is 9.88 Å².